The molecule has 1 aromatic carbocycles. The van der Waals surface area contributed by atoms with Gasteiger partial charge in [0.05, 0.1) is 0 Å². The lowest BCUT2D eigenvalue weighted by molar-refractivity contribution is -0.149. The van der Waals surface area contributed by atoms with E-state index < -0.39 is 12.0 Å². The normalized spacial score (nSPS) is 21.2. The summed E-state index contributed by atoms with van der Waals surface area (Å²) in [6.45, 7) is 3.62. The van der Waals surface area contributed by atoms with Crippen LogP contribution in [0.2, 0.25) is 5.02 Å². The van der Waals surface area contributed by atoms with Gasteiger partial charge in [0, 0.05) is 30.2 Å². The van der Waals surface area contributed by atoms with Gasteiger partial charge in [0.25, 0.3) is 0 Å². The second-order valence-corrected chi connectivity index (χ2v) is 8.11. The zero-order valence-corrected chi connectivity index (χ0v) is 15.8. The summed E-state index contributed by atoms with van der Waals surface area (Å²) in [5, 5.41) is 10.1. The van der Waals surface area contributed by atoms with Crippen LogP contribution in [-0.4, -0.2) is 45.3 Å². The Balaban J connectivity index is 2.03. The van der Waals surface area contributed by atoms with Gasteiger partial charge in [-0.25, -0.2) is 4.79 Å². The molecule has 0 bridgehead atoms. The smallest absolute Gasteiger partial charge is 0.326 e. The summed E-state index contributed by atoms with van der Waals surface area (Å²) in [4.78, 5) is 36.8. The van der Waals surface area contributed by atoms with Crippen molar-refractivity contribution in [3.05, 3.63) is 34.9 Å². The molecule has 1 aromatic rings. The predicted octanol–water partition coefficient (Wildman–Crippen LogP) is 3.10. The zero-order valence-electron chi connectivity index (χ0n) is 14.3. The molecule has 1 aliphatic heterocycles. The number of hydrogen-bond acceptors (Lipinski definition) is 4. The number of likely N-dealkylation sites (tertiary alicyclic amines) is 1. The Morgan fingerprint density at radius 3 is 2.52 bits per heavy atom. The molecular weight excluding hydrogens is 362 g/mol. The first-order valence-corrected chi connectivity index (χ1v) is 9.55. The molecule has 1 heterocycles. The quantitative estimate of drug-likeness (QED) is 0.816. The van der Waals surface area contributed by atoms with Crippen molar-refractivity contribution < 1.29 is 19.5 Å². The van der Waals surface area contributed by atoms with E-state index in [-0.39, 0.29) is 22.9 Å². The average molecular weight is 384 g/mol. The van der Waals surface area contributed by atoms with Gasteiger partial charge >= 0.3 is 5.97 Å². The maximum absolute atomic E-state index is 12.6. The first-order valence-electron chi connectivity index (χ1n) is 8.19. The average Bonchev–Trinajstić information content (AvgIpc) is 2.98. The number of amides is 1. The summed E-state index contributed by atoms with van der Waals surface area (Å²) in [5.74, 6) is -1.08. The number of benzene rings is 1. The van der Waals surface area contributed by atoms with Crippen LogP contribution in [0, 0.1) is 11.8 Å². The monoisotopic (exact) mass is 383 g/mol. The maximum atomic E-state index is 12.6. The highest BCUT2D eigenvalue weighted by Gasteiger charge is 2.40. The second-order valence-electron chi connectivity index (χ2n) is 6.48. The van der Waals surface area contributed by atoms with Crippen molar-refractivity contribution in [2.45, 2.75) is 32.7 Å². The van der Waals surface area contributed by atoms with E-state index in [0.29, 0.717) is 30.2 Å². The number of carboxylic acids is 1. The minimum absolute atomic E-state index is 0.0449. The molecule has 5 nitrogen and oxygen atoms in total. The van der Waals surface area contributed by atoms with Crippen LogP contribution in [-0.2, 0) is 20.8 Å². The van der Waals surface area contributed by atoms with Crippen LogP contribution in [0.3, 0.4) is 0 Å². The van der Waals surface area contributed by atoms with Crippen molar-refractivity contribution in [3.8, 4) is 0 Å². The SMILES string of the molecule is CC(=O)SCC(C)C(=O)N1CC(Cc2ccc(Cl)cc2)C[C@H]1C(=O)O. The molecule has 0 aliphatic carbocycles. The molecule has 3 atom stereocenters. The third-order valence-corrected chi connectivity index (χ3v) is 5.68. The van der Waals surface area contributed by atoms with Crippen molar-refractivity contribution in [1.82, 2.24) is 4.90 Å². The number of rotatable bonds is 6. The van der Waals surface area contributed by atoms with E-state index in [1.54, 1.807) is 6.92 Å². The van der Waals surface area contributed by atoms with Crippen molar-refractivity contribution in [2.24, 2.45) is 11.8 Å². The lowest BCUT2D eigenvalue weighted by Gasteiger charge is -2.24. The van der Waals surface area contributed by atoms with Gasteiger partial charge in [-0.05, 0) is 36.5 Å². The summed E-state index contributed by atoms with van der Waals surface area (Å²) in [7, 11) is 0. The molecule has 0 radical (unpaired) electrons. The van der Waals surface area contributed by atoms with Crippen LogP contribution in [0.15, 0.2) is 24.3 Å². The van der Waals surface area contributed by atoms with E-state index in [1.165, 1.54) is 11.8 Å². The Morgan fingerprint density at radius 1 is 1.32 bits per heavy atom. The summed E-state index contributed by atoms with van der Waals surface area (Å²) >= 11 is 6.98. The zero-order chi connectivity index (χ0) is 18.6. The molecule has 2 rings (SSSR count). The summed E-state index contributed by atoms with van der Waals surface area (Å²) in [5.41, 5.74) is 1.08. The molecule has 0 saturated carbocycles. The fourth-order valence-corrected chi connectivity index (χ4v) is 3.85. The van der Waals surface area contributed by atoms with Gasteiger partial charge in [0.15, 0.2) is 5.12 Å². The second kappa shape index (κ2) is 8.72. The molecule has 7 heteroatoms. The fraction of sp³-hybridized carbons (Fsp3) is 0.500. The third-order valence-electron chi connectivity index (χ3n) is 4.35. The molecule has 25 heavy (non-hydrogen) atoms. The van der Waals surface area contributed by atoms with Crippen LogP contribution in [0.4, 0.5) is 0 Å². The Bertz CT molecular complexity index is 649. The molecule has 2 unspecified atom stereocenters. The lowest BCUT2D eigenvalue weighted by Crippen LogP contribution is -2.43. The number of carboxylic acid groups (broad SMARTS) is 1. The number of carbonyl (C=O) groups excluding carboxylic acids is 2. The highest BCUT2D eigenvalue weighted by Crippen LogP contribution is 2.29. The van der Waals surface area contributed by atoms with Crippen molar-refractivity contribution in [2.75, 3.05) is 12.3 Å². The molecule has 1 amide bonds. The standard InChI is InChI=1S/C18H22ClNO4S/c1-11(10-25-12(2)21)17(22)20-9-14(8-16(20)18(23)24)7-13-3-5-15(19)6-4-13/h3-6,11,14,16H,7-10H2,1-2H3,(H,23,24)/t11?,14?,16-/m0/s1. The number of thioether (sulfide) groups is 1. The first-order chi connectivity index (χ1) is 11.8. The summed E-state index contributed by atoms with van der Waals surface area (Å²) in [6, 6.07) is 6.67. The Hall–Kier alpha value is -1.53. The maximum Gasteiger partial charge on any atom is 0.326 e. The molecule has 1 fully saturated rings. The molecule has 136 valence electrons. The van der Waals surface area contributed by atoms with Gasteiger partial charge < -0.3 is 10.0 Å². The first kappa shape index (κ1) is 19.8. The predicted molar refractivity (Wildman–Crippen MR) is 98.7 cm³/mol. The minimum atomic E-state index is -0.974. The molecule has 1 N–H and O–H groups in total. The highest BCUT2D eigenvalue weighted by molar-refractivity contribution is 8.13. The highest BCUT2D eigenvalue weighted by atomic mass is 35.5. The summed E-state index contributed by atoms with van der Waals surface area (Å²) in [6.07, 6.45) is 1.15. The Morgan fingerprint density at radius 2 is 1.96 bits per heavy atom. The molecule has 0 aromatic heterocycles. The number of aliphatic carboxylic acids is 1. The Kier molecular flexibility index (Phi) is 6.90. The van der Waals surface area contributed by atoms with Crippen molar-refractivity contribution in [1.29, 1.82) is 0 Å². The van der Waals surface area contributed by atoms with E-state index in [0.717, 1.165) is 17.3 Å². The van der Waals surface area contributed by atoms with Crippen LogP contribution in [0.1, 0.15) is 25.8 Å². The van der Waals surface area contributed by atoms with Gasteiger partial charge in [-0.1, -0.05) is 42.4 Å². The van der Waals surface area contributed by atoms with Gasteiger partial charge in [-0.2, -0.15) is 0 Å². The van der Waals surface area contributed by atoms with E-state index in [4.69, 9.17) is 11.6 Å². The van der Waals surface area contributed by atoms with Gasteiger partial charge in [-0.3, -0.25) is 9.59 Å². The number of hydrogen-bond donors (Lipinski definition) is 1. The molecule has 1 saturated heterocycles. The van der Waals surface area contributed by atoms with E-state index in [9.17, 15) is 19.5 Å². The fourth-order valence-electron chi connectivity index (χ4n) is 3.10. The Labute approximate surface area is 156 Å². The topological polar surface area (TPSA) is 74.7 Å². The van der Waals surface area contributed by atoms with Crippen LogP contribution in [0.5, 0.6) is 0 Å². The minimum Gasteiger partial charge on any atom is -0.480 e. The number of carbonyl (C=O) groups is 3. The van der Waals surface area contributed by atoms with E-state index >= 15 is 0 Å². The van der Waals surface area contributed by atoms with Crippen molar-refractivity contribution in [3.63, 3.8) is 0 Å². The number of halogens is 1. The lowest BCUT2D eigenvalue weighted by atomic mass is 9.97. The van der Waals surface area contributed by atoms with E-state index in [2.05, 4.69) is 0 Å². The molecule has 1 aliphatic rings. The van der Waals surface area contributed by atoms with Gasteiger partial charge in [0.1, 0.15) is 6.04 Å². The van der Waals surface area contributed by atoms with Crippen LogP contribution < -0.4 is 0 Å². The largest absolute Gasteiger partial charge is 0.480 e. The van der Waals surface area contributed by atoms with Crippen LogP contribution >= 0.6 is 23.4 Å². The molecular formula is C18H22ClNO4S. The third kappa shape index (κ3) is 5.47. The van der Waals surface area contributed by atoms with Crippen molar-refractivity contribution >= 4 is 40.4 Å². The van der Waals surface area contributed by atoms with E-state index in [1.807, 2.05) is 24.3 Å². The van der Waals surface area contributed by atoms with Crippen LogP contribution in [0.25, 0.3) is 0 Å². The molecule has 0 spiro atoms. The van der Waals surface area contributed by atoms with Gasteiger partial charge in [-0.15, -0.1) is 0 Å². The number of nitrogens with zero attached hydrogens (tertiary/aromatic N) is 1. The summed E-state index contributed by atoms with van der Waals surface area (Å²) < 4.78 is 0. The van der Waals surface area contributed by atoms with Gasteiger partial charge in [0.2, 0.25) is 5.91 Å².